The van der Waals surface area contributed by atoms with Crippen LogP contribution in [0.15, 0.2) is 60.7 Å². The van der Waals surface area contributed by atoms with Crippen LogP contribution in [-0.4, -0.2) is 22.5 Å². The number of ketones is 1. The Morgan fingerprint density at radius 2 is 1.71 bits per heavy atom. The minimum absolute atomic E-state index is 0.00672. The van der Waals surface area contributed by atoms with Gasteiger partial charge in [0.25, 0.3) is 0 Å². The van der Waals surface area contributed by atoms with Crippen LogP contribution in [0.5, 0.6) is 11.5 Å². The highest BCUT2D eigenvalue weighted by molar-refractivity contribution is 5.97. The number of amides is 1. The zero-order valence-corrected chi connectivity index (χ0v) is 20.6. The summed E-state index contributed by atoms with van der Waals surface area (Å²) in [6.45, 7) is 6.96. The Morgan fingerprint density at radius 1 is 1.00 bits per heavy atom. The van der Waals surface area contributed by atoms with Crippen molar-refractivity contribution in [3.8, 4) is 11.5 Å². The molecule has 3 rings (SSSR count). The molecule has 1 amide bonds. The van der Waals surface area contributed by atoms with Crippen LogP contribution in [0.1, 0.15) is 78.3 Å². The number of carbonyl (C=O) groups is 2. The molecule has 0 aliphatic heterocycles. The molecule has 0 spiro atoms. The Hall–Kier alpha value is -3.93. The van der Waals surface area contributed by atoms with Crippen molar-refractivity contribution in [3.05, 3.63) is 94.0 Å². The van der Waals surface area contributed by atoms with Gasteiger partial charge in [0.15, 0.2) is 5.78 Å². The smallest absolute Gasteiger partial charge is 0.217 e. The molecule has 6 nitrogen and oxygen atoms in total. The van der Waals surface area contributed by atoms with E-state index in [1.54, 1.807) is 19.1 Å². The van der Waals surface area contributed by atoms with Crippen molar-refractivity contribution < 1.29 is 19.4 Å². The quantitative estimate of drug-likeness (QED) is 0.259. The summed E-state index contributed by atoms with van der Waals surface area (Å²) in [6.07, 6.45) is 1.41. The van der Waals surface area contributed by atoms with Gasteiger partial charge in [0.05, 0.1) is 11.6 Å². The van der Waals surface area contributed by atoms with Gasteiger partial charge >= 0.3 is 0 Å². The summed E-state index contributed by atoms with van der Waals surface area (Å²) >= 11 is 0. The number of carbonyl (C=O) groups excluding carboxylic acids is 2. The number of ether oxygens (including phenoxy) is 1. The maximum Gasteiger partial charge on any atom is 0.217 e. The SMILES string of the molecule is CCCc1c(OCc2ccc(C(NC(C)=O)c3cccc(C(C)=N)c3)cc2)ccc(C(C)=O)c1O. The molecule has 0 aromatic heterocycles. The highest BCUT2D eigenvalue weighted by atomic mass is 16.5. The molecule has 0 aliphatic carbocycles. The number of hydrogen-bond acceptors (Lipinski definition) is 5. The van der Waals surface area contributed by atoms with Crippen LogP contribution in [0.2, 0.25) is 0 Å². The van der Waals surface area contributed by atoms with Crippen molar-refractivity contribution in [2.75, 3.05) is 0 Å². The first-order valence-electron chi connectivity index (χ1n) is 11.7. The summed E-state index contributed by atoms with van der Waals surface area (Å²) in [5.74, 6) is 0.231. The summed E-state index contributed by atoms with van der Waals surface area (Å²) in [5.41, 5.74) is 4.96. The zero-order chi connectivity index (χ0) is 25.5. The maximum atomic E-state index is 11.9. The van der Waals surface area contributed by atoms with Crippen LogP contribution in [0.4, 0.5) is 0 Å². The Morgan fingerprint density at radius 3 is 2.31 bits per heavy atom. The fourth-order valence-corrected chi connectivity index (χ4v) is 4.01. The van der Waals surface area contributed by atoms with Crippen molar-refractivity contribution in [2.24, 2.45) is 0 Å². The van der Waals surface area contributed by atoms with E-state index in [1.165, 1.54) is 13.8 Å². The Balaban J connectivity index is 1.82. The van der Waals surface area contributed by atoms with E-state index in [4.69, 9.17) is 10.1 Å². The summed E-state index contributed by atoms with van der Waals surface area (Å²) in [6, 6.07) is 18.4. The van der Waals surface area contributed by atoms with Crippen molar-refractivity contribution in [2.45, 2.75) is 53.2 Å². The fraction of sp³-hybridized carbons (Fsp3) is 0.276. The van der Waals surface area contributed by atoms with Crippen molar-refractivity contribution in [3.63, 3.8) is 0 Å². The van der Waals surface area contributed by atoms with Gasteiger partial charge in [-0.15, -0.1) is 0 Å². The Bertz CT molecular complexity index is 1230. The largest absolute Gasteiger partial charge is 0.507 e. The second kappa shape index (κ2) is 11.5. The van der Waals surface area contributed by atoms with Crippen molar-refractivity contribution >= 4 is 17.4 Å². The molecule has 0 saturated carbocycles. The summed E-state index contributed by atoms with van der Waals surface area (Å²) in [4.78, 5) is 23.7. The van der Waals surface area contributed by atoms with E-state index in [0.29, 0.717) is 35.6 Å². The molecule has 3 N–H and O–H groups in total. The minimum Gasteiger partial charge on any atom is -0.507 e. The van der Waals surface area contributed by atoms with Gasteiger partial charge < -0.3 is 20.6 Å². The lowest BCUT2D eigenvalue weighted by atomic mass is 9.95. The number of nitrogens with one attached hydrogen (secondary N) is 2. The van der Waals surface area contributed by atoms with Gasteiger partial charge in [-0.3, -0.25) is 9.59 Å². The molecule has 0 bridgehead atoms. The van der Waals surface area contributed by atoms with Gasteiger partial charge in [0, 0.05) is 18.2 Å². The molecule has 182 valence electrons. The van der Waals surface area contributed by atoms with Gasteiger partial charge in [-0.25, -0.2) is 0 Å². The molecule has 3 aromatic carbocycles. The van der Waals surface area contributed by atoms with Gasteiger partial charge in [-0.05, 0) is 60.7 Å². The van der Waals surface area contributed by atoms with E-state index in [9.17, 15) is 14.7 Å². The normalized spacial score (nSPS) is 11.5. The summed E-state index contributed by atoms with van der Waals surface area (Å²) < 4.78 is 6.02. The molecule has 0 aliphatic rings. The summed E-state index contributed by atoms with van der Waals surface area (Å²) in [7, 11) is 0. The number of hydrogen-bond donors (Lipinski definition) is 3. The standard InChI is InChI=1S/C29H32N2O4/c1-5-7-26-27(15-14-25(19(3)32)29(26)34)35-17-21-10-12-22(13-11-21)28(31-20(4)33)24-9-6-8-23(16-24)18(2)30/h6,8-16,28,30,34H,5,7,17H2,1-4H3,(H,31,33). The average Bonchev–Trinajstić information content (AvgIpc) is 2.83. The second-order valence-corrected chi connectivity index (χ2v) is 8.66. The van der Waals surface area contributed by atoms with E-state index >= 15 is 0 Å². The van der Waals surface area contributed by atoms with Crippen LogP contribution in [0.25, 0.3) is 0 Å². The van der Waals surface area contributed by atoms with E-state index in [2.05, 4.69) is 5.32 Å². The third-order valence-electron chi connectivity index (χ3n) is 5.83. The first-order valence-corrected chi connectivity index (χ1v) is 11.7. The van der Waals surface area contributed by atoms with Crippen LogP contribution in [-0.2, 0) is 17.8 Å². The molecule has 0 saturated heterocycles. The predicted octanol–water partition coefficient (Wildman–Crippen LogP) is 5.74. The van der Waals surface area contributed by atoms with Crippen molar-refractivity contribution in [1.29, 1.82) is 5.41 Å². The first kappa shape index (κ1) is 25.7. The van der Waals surface area contributed by atoms with Crippen LogP contribution in [0.3, 0.4) is 0 Å². The highest BCUT2D eigenvalue weighted by Gasteiger charge is 2.18. The van der Waals surface area contributed by atoms with Crippen molar-refractivity contribution in [1.82, 2.24) is 5.32 Å². The molecule has 3 aromatic rings. The first-order chi connectivity index (χ1) is 16.7. The van der Waals surface area contributed by atoms with E-state index in [-0.39, 0.29) is 23.5 Å². The average molecular weight is 473 g/mol. The van der Waals surface area contributed by atoms with E-state index in [1.807, 2.05) is 55.5 Å². The molecule has 0 radical (unpaired) electrons. The van der Waals surface area contributed by atoms with Crippen LogP contribution in [0, 0.1) is 5.41 Å². The van der Waals surface area contributed by atoms with Gasteiger partial charge in [0.1, 0.15) is 18.1 Å². The van der Waals surface area contributed by atoms with Gasteiger partial charge in [0.2, 0.25) is 5.91 Å². The van der Waals surface area contributed by atoms with Crippen LogP contribution >= 0.6 is 0 Å². The monoisotopic (exact) mass is 472 g/mol. The lowest BCUT2D eigenvalue weighted by Gasteiger charge is -2.20. The topological polar surface area (TPSA) is 99.5 Å². The second-order valence-electron chi connectivity index (χ2n) is 8.66. The number of Topliss-reactive ketones (excluding diaryl/α,β-unsaturated/α-hetero) is 1. The summed E-state index contributed by atoms with van der Waals surface area (Å²) in [5, 5.41) is 21.5. The Labute approximate surface area is 206 Å². The highest BCUT2D eigenvalue weighted by Crippen LogP contribution is 2.33. The van der Waals surface area contributed by atoms with Gasteiger partial charge in [-0.2, -0.15) is 0 Å². The molecular weight excluding hydrogens is 440 g/mol. The molecule has 0 fully saturated rings. The van der Waals surface area contributed by atoms with E-state index < -0.39 is 0 Å². The number of phenols is 1. The third kappa shape index (κ3) is 6.35. The number of aromatic hydroxyl groups is 1. The molecule has 35 heavy (non-hydrogen) atoms. The molecule has 1 atom stereocenters. The molecule has 6 heteroatoms. The lowest BCUT2D eigenvalue weighted by Crippen LogP contribution is -2.27. The zero-order valence-electron chi connectivity index (χ0n) is 20.6. The maximum absolute atomic E-state index is 11.9. The van der Waals surface area contributed by atoms with E-state index in [0.717, 1.165) is 28.7 Å². The molecular formula is C29H32N2O4. The lowest BCUT2D eigenvalue weighted by molar-refractivity contribution is -0.119. The number of rotatable bonds is 10. The fourth-order valence-electron chi connectivity index (χ4n) is 4.01. The Kier molecular flexibility index (Phi) is 8.42. The minimum atomic E-state index is -0.339. The van der Waals surface area contributed by atoms with Crippen LogP contribution < -0.4 is 10.1 Å². The number of benzene rings is 3. The third-order valence-corrected chi connectivity index (χ3v) is 5.83. The number of phenolic OH excluding ortho intramolecular Hbond substituents is 1. The predicted molar refractivity (Wildman–Crippen MR) is 137 cm³/mol. The molecule has 0 heterocycles. The van der Waals surface area contributed by atoms with Gasteiger partial charge in [-0.1, -0.05) is 55.8 Å². The molecule has 1 unspecified atom stereocenters.